The molecule has 0 saturated heterocycles. The second kappa shape index (κ2) is 9.63. The second-order valence-corrected chi connectivity index (χ2v) is 9.17. The van der Waals surface area contributed by atoms with Crippen LogP contribution in [0.2, 0.25) is 0 Å². The molecule has 35 heavy (non-hydrogen) atoms. The summed E-state index contributed by atoms with van der Waals surface area (Å²) in [6.07, 6.45) is 4.54. The van der Waals surface area contributed by atoms with Crippen molar-refractivity contribution in [3.63, 3.8) is 0 Å². The minimum Gasteiger partial charge on any atom is -0.328 e. The van der Waals surface area contributed by atoms with Crippen molar-refractivity contribution in [2.24, 2.45) is 17.2 Å². The van der Waals surface area contributed by atoms with E-state index < -0.39 is 12.6 Å². The number of fused-ring (bicyclic) bond motifs is 1. The summed E-state index contributed by atoms with van der Waals surface area (Å²) in [6, 6.07) is 20.1. The van der Waals surface area contributed by atoms with Crippen LogP contribution in [0.3, 0.4) is 0 Å². The quantitative estimate of drug-likeness (QED) is 0.379. The summed E-state index contributed by atoms with van der Waals surface area (Å²) < 4.78 is 3.73. The maximum Gasteiger partial charge on any atom is 0.160 e. The van der Waals surface area contributed by atoms with Gasteiger partial charge in [-0.25, -0.2) is 14.3 Å². The molecule has 2 aromatic carbocycles. The summed E-state index contributed by atoms with van der Waals surface area (Å²) in [5.41, 5.74) is 24.5. The molecule has 2 aromatic heterocycles. The monoisotopic (exact) mass is 471 g/mol. The molecule has 0 aliphatic carbocycles. The molecule has 0 spiro atoms. The molecule has 0 bridgehead atoms. The summed E-state index contributed by atoms with van der Waals surface area (Å²) in [7, 11) is 0. The normalized spacial score (nSPS) is 19.2. The summed E-state index contributed by atoms with van der Waals surface area (Å²) in [4.78, 5) is 4.23. The summed E-state index contributed by atoms with van der Waals surface area (Å²) in [6.45, 7) is 5.21. The van der Waals surface area contributed by atoms with Gasteiger partial charge in [0, 0.05) is 31.0 Å². The van der Waals surface area contributed by atoms with Crippen molar-refractivity contribution in [2.45, 2.75) is 44.9 Å². The third-order valence-corrected chi connectivity index (χ3v) is 6.72. The lowest BCUT2D eigenvalue weighted by Gasteiger charge is -2.49. The Balaban J connectivity index is 1.60. The summed E-state index contributed by atoms with van der Waals surface area (Å²) in [5.74, 6) is 1.18. The molecule has 0 fully saturated rings. The first-order chi connectivity index (χ1) is 17.0. The molecule has 0 saturated carbocycles. The van der Waals surface area contributed by atoms with E-state index in [1.165, 1.54) is 0 Å². The van der Waals surface area contributed by atoms with Crippen molar-refractivity contribution in [1.29, 1.82) is 0 Å². The maximum absolute atomic E-state index is 7.04. The van der Waals surface area contributed by atoms with E-state index in [2.05, 4.69) is 46.9 Å². The average molecular weight is 472 g/mol. The molecular weight excluding hydrogens is 438 g/mol. The van der Waals surface area contributed by atoms with Gasteiger partial charge in [-0.1, -0.05) is 62.4 Å². The van der Waals surface area contributed by atoms with E-state index in [4.69, 9.17) is 22.3 Å². The molecular formula is C26H33N9. The van der Waals surface area contributed by atoms with Gasteiger partial charge >= 0.3 is 0 Å². The Bertz CT molecular complexity index is 1250. The van der Waals surface area contributed by atoms with E-state index in [1.807, 2.05) is 64.2 Å². The summed E-state index contributed by atoms with van der Waals surface area (Å²) >= 11 is 0. The average Bonchev–Trinajstić information content (AvgIpc) is 3.56. The molecule has 0 amide bonds. The highest BCUT2D eigenvalue weighted by molar-refractivity contribution is 5.53. The number of hydrogen-bond donors (Lipinski definition) is 3. The van der Waals surface area contributed by atoms with E-state index in [9.17, 15) is 0 Å². The van der Waals surface area contributed by atoms with Gasteiger partial charge in [-0.2, -0.15) is 10.2 Å². The molecule has 4 aromatic rings. The Morgan fingerprint density at radius 3 is 2.34 bits per heavy atom. The number of benzene rings is 2. The maximum atomic E-state index is 7.04. The van der Waals surface area contributed by atoms with Crippen molar-refractivity contribution in [3.8, 4) is 5.69 Å². The van der Waals surface area contributed by atoms with E-state index in [1.54, 1.807) is 6.20 Å². The Hall–Kier alpha value is -3.50. The topological polar surface area (TPSA) is 120 Å². The molecule has 5 rings (SSSR count). The van der Waals surface area contributed by atoms with Crippen LogP contribution in [0.1, 0.15) is 48.8 Å². The molecule has 1 aliphatic heterocycles. The van der Waals surface area contributed by atoms with E-state index in [0.717, 1.165) is 28.2 Å². The van der Waals surface area contributed by atoms with Crippen molar-refractivity contribution >= 4 is 5.82 Å². The Labute approximate surface area is 205 Å². The zero-order chi connectivity index (χ0) is 24.5. The van der Waals surface area contributed by atoms with Crippen LogP contribution < -0.4 is 22.1 Å². The molecule has 3 unspecified atom stereocenters. The molecule has 9 heteroatoms. The minimum absolute atomic E-state index is 0.143. The fourth-order valence-corrected chi connectivity index (χ4v) is 4.90. The lowest BCUT2D eigenvalue weighted by molar-refractivity contribution is 0.0469. The van der Waals surface area contributed by atoms with Crippen LogP contribution in [0.25, 0.3) is 5.69 Å². The first-order valence-corrected chi connectivity index (χ1v) is 12.0. The van der Waals surface area contributed by atoms with Crippen LogP contribution in [-0.4, -0.2) is 37.3 Å². The third kappa shape index (κ3) is 4.12. The fraction of sp³-hybridized carbons (Fsp3) is 0.308. The smallest absolute Gasteiger partial charge is 0.160 e. The number of rotatable bonds is 7. The van der Waals surface area contributed by atoms with Gasteiger partial charge in [0.15, 0.2) is 6.29 Å². The van der Waals surface area contributed by atoms with Crippen LogP contribution >= 0.6 is 0 Å². The van der Waals surface area contributed by atoms with E-state index in [-0.39, 0.29) is 12.0 Å². The van der Waals surface area contributed by atoms with Gasteiger partial charge in [-0.15, -0.1) is 0 Å². The number of anilines is 1. The van der Waals surface area contributed by atoms with Crippen LogP contribution in [-0.2, 0) is 6.54 Å². The van der Waals surface area contributed by atoms with Crippen molar-refractivity contribution in [3.05, 3.63) is 95.9 Å². The SMILES string of the molecule is CC(C)c1cnn2c1N(C(CN)c1ccccc1)C(N)N(Cc1ccccc1-n1cccn1)C2N. The lowest BCUT2D eigenvalue weighted by Crippen LogP contribution is -2.63. The summed E-state index contributed by atoms with van der Waals surface area (Å²) in [5, 5.41) is 9.14. The molecule has 6 N–H and O–H groups in total. The lowest BCUT2D eigenvalue weighted by atomic mass is 10.0. The molecule has 9 nitrogen and oxygen atoms in total. The van der Waals surface area contributed by atoms with Gasteiger partial charge in [0.1, 0.15) is 12.1 Å². The highest BCUT2D eigenvalue weighted by atomic mass is 15.6. The van der Waals surface area contributed by atoms with Crippen molar-refractivity contribution in [2.75, 3.05) is 11.4 Å². The Kier molecular flexibility index (Phi) is 6.40. The first-order valence-electron chi connectivity index (χ1n) is 12.0. The molecule has 3 heterocycles. The molecule has 1 aliphatic rings. The molecule has 0 radical (unpaired) electrons. The van der Waals surface area contributed by atoms with Gasteiger partial charge in [0.05, 0.1) is 17.9 Å². The van der Waals surface area contributed by atoms with E-state index >= 15 is 0 Å². The zero-order valence-corrected chi connectivity index (χ0v) is 20.1. The standard InChI is InChI=1S/C26H33N9/c1-18(2)21-16-31-35-24(21)34(23(15-27)19-9-4-3-5-10-19)25(28)32(26(35)29)17-20-11-6-7-12-22(20)33-14-8-13-30-33/h3-14,16,18,23,25-26H,15,17,27-29H2,1-2H3. The van der Waals surface area contributed by atoms with Crippen molar-refractivity contribution in [1.82, 2.24) is 24.5 Å². The number of aromatic nitrogens is 4. The van der Waals surface area contributed by atoms with Crippen molar-refractivity contribution < 1.29 is 0 Å². The minimum atomic E-state index is -0.538. The third-order valence-electron chi connectivity index (χ3n) is 6.72. The van der Waals surface area contributed by atoms with Gasteiger partial charge in [0.25, 0.3) is 0 Å². The molecule has 182 valence electrons. The first kappa shape index (κ1) is 23.3. The number of nitrogens with zero attached hydrogens (tertiary/aromatic N) is 6. The highest BCUT2D eigenvalue weighted by Crippen LogP contribution is 2.40. The zero-order valence-electron chi connectivity index (χ0n) is 20.1. The predicted octanol–water partition coefficient (Wildman–Crippen LogP) is 2.87. The van der Waals surface area contributed by atoms with Crippen LogP contribution in [0.4, 0.5) is 5.82 Å². The Morgan fingerprint density at radius 1 is 0.914 bits per heavy atom. The number of nitrogens with two attached hydrogens (primary N) is 3. The van der Waals surface area contributed by atoms with Gasteiger partial charge in [0.2, 0.25) is 0 Å². The second-order valence-electron chi connectivity index (χ2n) is 9.17. The predicted molar refractivity (Wildman–Crippen MR) is 137 cm³/mol. The highest BCUT2D eigenvalue weighted by Gasteiger charge is 2.41. The van der Waals surface area contributed by atoms with E-state index in [0.29, 0.717) is 13.1 Å². The number of hydrogen-bond acceptors (Lipinski definition) is 7. The van der Waals surface area contributed by atoms with Crippen LogP contribution in [0.5, 0.6) is 0 Å². The molecule has 3 atom stereocenters. The number of para-hydroxylation sites is 1. The van der Waals surface area contributed by atoms with Crippen LogP contribution in [0, 0.1) is 0 Å². The van der Waals surface area contributed by atoms with Crippen LogP contribution in [0.15, 0.2) is 79.3 Å². The van der Waals surface area contributed by atoms with Gasteiger partial charge < -0.3 is 10.6 Å². The fourth-order valence-electron chi connectivity index (χ4n) is 4.90. The Morgan fingerprint density at radius 2 is 1.66 bits per heavy atom. The van der Waals surface area contributed by atoms with Gasteiger partial charge in [-0.05, 0) is 29.2 Å². The largest absolute Gasteiger partial charge is 0.328 e. The van der Waals surface area contributed by atoms with Gasteiger partial charge in [-0.3, -0.25) is 11.5 Å².